The summed E-state index contributed by atoms with van der Waals surface area (Å²) < 4.78 is 16.4. The van der Waals surface area contributed by atoms with Gasteiger partial charge in [0.1, 0.15) is 28.8 Å². The van der Waals surface area contributed by atoms with E-state index in [4.69, 9.17) is 25.8 Å². The van der Waals surface area contributed by atoms with Gasteiger partial charge in [-0.3, -0.25) is 9.59 Å². The number of benzene rings is 3. The molecule has 1 amide bonds. The summed E-state index contributed by atoms with van der Waals surface area (Å²) in [5, 5.41) is 21.6. The molecule has 1 atom stereocenters. The van der Waals surface area contributed by atoms with Crippen molar-refractivity contribution < 1.29 is 34.0 Å². The number of ketones is 1. The molecule has 0 spiro atoms. The van der Waals surface area contributed by atoms with Crippen molar-refractivity contribution in [3.63, 3.8) is 0 Å². The molecule has 2 N–H and O–H groups in total. The third kappa shape index (κ3) is 5.81. The molecule has 1 fully saturated rings. The van der Waals surface area contributed by atoms with Crippen LogP contribution >= 0.6 is 11.6 Å². The molecule has 204 valence electrons. The number of likely N-dealkylation sites (tertiary alicyclic amines) is 1. The van der Waals surface area contributed by atoms with Crippen molar-refractivity contribution in [3.05, 3.63) is 87.9 Å². The summed E-state index contributed by atoms with van der Waals surface area (Å²) in [6.45, 7) is 4.79. The van der Waals surface area contributed by atoms with Gasteiger partial charge in [-0.05, 0) is 47.4 Å². The minimum atomic E-state index is -0.936. The smallest absolute Gasteiger partial charge is 0.295 e. The fourth-order valence-electron chi connectivity index (χ4n) is 4.39. The highest BCUT2D eigenvalue weighted by molar-refractivity contribution is 6.46. The summed E-state index contributed by atoms with van der Waals surface area (Å²) in [5.74, 6) is -0.488. The summed E-state index contributed by atoms with van der Waals surface area (Å²) in [6.07, 6.45) is 0. The normalized spacial score (nSPS) is 16.6. The molecule has 0 bridgehead atoms. The number of rotatable bonds is 9. The Labute approximate surface area is 232 Å². The fourth-order valence-corrected chi connectivity index (χ4v) is 4.62. The van der Waals surface area contributed by atoms with E-state index in [0.29, 0.717) is 23.8 Å². The van der Waals surface area contributed by atoms with Crippen LogP contribution in [-0.4, -0.2) is 47.6 Å². The highest BCUT2D eigenvalue weighted by Crippen LogP contribution is 2.43. The topological polar surface area (TPSA) is 106 Å². The lowest BCUT2D eigenvalue weighted by Gasteiger charge is -2.26. The first kappa shape index (κ1) is 27.9. The number of aromatic hydroxyl groups is 1. The maximum atomic E-state index is 13.4. The minimum Gasteiger partial charge on any atom is -0.508 e. The van der Waals surface area contributed by atoms with Crippen molar-refractivity contribution in [3.8, 4) is 23.0 Å². The van der Waals surface area contributed by atoms with Crippen molar-refractivity contribution in [2.45, 2.75) is 26.4 Å². The second-order valence-electron chi connectivity index (χ2n) is 9.55. The van der Waals surface area contributed by atoms with E-state index in [2.05, 4.69) is 13.8 Å². The fraction of sp³-hybridized carbons (Fsp3) is 0.267. The lowest BCUT2D eigenvalue weighted by molar-refractivity contribution is -0.140. The van der Waals surface area contributed by atoms with Gasteiger partial charge in [0.05, 0.1) is 43.0 Å². The molecule has 0 radical (unpaired) electrons. The van der Waals surface area contributed by atoms with Gasteiger partial charge in [-0.25, -0.2) is 0 Å². The van der Waals surface area contributed by atoms with Gasteiger partial charge in [-0.2, -0.15) is 0 Å². The van der Waals surface area contributed by atoms with E-state index < -0.39 is 23.5 Å². The van der Waals surface area contributed by atoms with E-state index in [1.807, 2.05) is 24.3 Å². The van der Waals surface area contributed by atoms with Crippen molar-refractivity contribution in [1.29, 1.82) is 0 Å². The predicted octanol–water partition coefficient (Wildman–Crippen LogP) is 5.72. The molecular formula is C30H30ClNO7. The van der Waals surface area contributed by atoms with Gasteiger partial charge in [0, 0.05) is 12.6 Å². The Kier molecular flexibility index (Phi) is 8.35. The Morgan fingerprint density at radius 2 is 1.62 bits per heavy atom. The Morgan fingerprint density at radius 3 is 2.21 bits per heavy atom. The van der Waals surface area contributed by atoms with Crippen LogP contribution in [0.1, 0.15) is 36.6 Å². The number of ether oxygens (including phenoxy) is 3. The average molecular weight is 552 g/mol. The molecule has 1 aliphatic heterocycles. The number of halogens is 1. The molecule has 4 rings (SSSR count). The van der Waals surface area contributed by atoms with Crippen LogP contribution in [0.15, 0.2) is 66.2 Å². The van der Waals surface area contributed by atoms with E-state index >= 15 is 0 Å². The molecule has 1 aliphatic rings. The molecule has 0 aliphatic carbocycles. The van der Waals surface area contributed by atoms with Gasteiger partial charge in [-0.1, -0.05) is 49.7 Å². The van der Waals surface area contributed by atoms with E-state index in [1.165, 1.54) is 43.4 Å². The Bertz CT molecular complexity index is 1400. The van der Waals surface area contributed by atoms with Crippen LogP contribution in [0, 0.1) is 5.92 Å². The van der Waals surface area contributed by atoms with Gasteiger partial charge >= 0.3 is 0 Å². The molecule has 3 aromatic rings. The molecule has 0 saturated carbocycles. The third-order valence-corrected chi connectivity index (χ3v) is 6.63. The molecule has 3 aromatic carbocycles. The number of Topliss-reactive ketones (excluding diaryl/α,β-unsaturated/α-hetero) is 1. The Hall–Kier alpha value is -4.17. The Balaban J connectivity index is 1.80. The van der Waals surface area contributed by atoms with Crippen LogP contribution in [0.5, 0.6) is 23.0 Å². The first-order chi connectivity index (χ1) is 18.6. The van der Waals surface area contributed by atoms with Crippen LogP contribution in [0.2, 0.25) is 5.02 Å². The van der Waals surface area contributed by atoms with Gasteiger partial charge in [-0.15, -0.1) is 0 Å². The number of aliphatic hydroxyl groups is 1. The number of methoxy groups -OCH3 is 2. The highest BCUT2D eigenvalue weighted by Gasteiger charge is 2.46. The number of phenols is 1. The van der Waals surface area contributed by atoms with Crippen molar-refractivity contribution in [2.75, 3.05) is 20.8 Å². The number of hydrogen-bond acceptors (Lipinski definition) is 7. The predicted molar refractivity (Wildman–Crippen MR) is 147 cm³/mol. The first-order valence-corrected chi connectivity index (χ1v) is 12.7. The second kappa shape index (κ2) is 11.7. The quantitative estimate of drug-likeness (QED) is 0.199. The maximum absolute atomic E-state index is 13.4. The van der Waals surface area contributed by atoms with Gasteiger partial charge in [0.15, 0.2) is 0 Å². The second-order valence-corrected chi connectivity index (χ2v) is 9.96. The molecular weight excluding hydrogens is 522 g/mol. The van der Waals surface area contributed by atoms with E-state index in [-0.39, 0.29) is 40.0 Å². The molecule has 39 heavy (non-hydrogen) atoms. The molecule has 8 nitrogen and oxygen atoms in total. The monoisotopic (exact) mass is 551 g/mol. The molecule has 9 heteroatoms. The molecule has 1 saturated heterocycles. The average Bonchev–Trinajstić information content (AvgIpc) is 3.17. The number of nitrogens with zero attached hydrogens (tertiary/aromatic N) is 1. The Morgan fingerprint density at radius 1 is 0.974 bits per heavy atom. The zero-order valence-electron chi connectivity index (χ0n) is 22.1. The summed E-state index contributed by atoms with van der Waals surface area (Å²) in [4.78, 5) is 28.2. The van der Waals surface area contributed by atoms with Gasteiger partial charge in [0.2, 0.25) is 0 Å². The standard InChI is InChI=1S/C30H30ClNO7/c1-17(2)16-39-21-11-5-18(6-12-21)15-32-27(19-7-9-20(33)10-8-19)26(29(35)30(32)36)28(34)22-13-25(38-4)23(31)14-24(22)37-3/h5-14,17,27,33-34H,15-16H2,1-4H3/b28-26+. The lowest BCUT2D eigenvalue weighted by Crippen LogP contribution is -2.29. The lowest BCUT2D eigenvalue weighted by atomic mass is 9.94. The van der Waals surface area contributed by atoms with Crippen LogP contribution in [0.25, 0.3) is 5.76 Å². The minimum absolute atomic E-state index is 0.0248. The number of carbonyl (C=O) groups is 2. The molecule has 0 aromatic heterocycles. The number of amides is 1. The largest absolute Gasteiger partial charge is 0.508 e. The van der Waals surface area contributed by atoms with Crippen LogP contribution in [0.3, 0.4) is 0 Å². The number of carbonyl (C=O) groups excluding carboxylic acids is 2. The highest BCUT2D eigenvalue weighted by atomic mass is 35.5. The first-order valence-electron chi connectivity index (χ1n) is 12.4. The van der Waals surface area contributed by atoms with Crippen molar-refractivity contribution in [2.24, 2.45) is 5.92 Å². The summed E-state index contributed by atoms with van der Waals surface area (Å²) in [6, 6.07) is 15.4. The number of aliphatic hydroxyl groups excluding tert-OH is 1. The van der Waals surface area contributed by atoms with Crippen molar-refractivity contribution >= 4 is 29.1 Å². The molecule has 1 unspecified atom stereocenters. The van der Waals surface area contributed by atoms with Crippen LogP contribution in [-0.2, 0) is 16.1 Å². The zero-order chi connectivity index (χ0) is 28.3. The SMILES string of the molecule is COc1cc(/C(O)=C2\C(=O)C(=O)N(Cc3ccc(OCC(C)C)cc3)C2c2ccc(O)cc2)c(OC)cc1Cl. The number of phenolic OH excluding ortho intramolecular Hbond substituents is 1. The van der Waals surface area contributed by atoms with E-state index in [9.17, 15) is 19.8 Å². The van der Waals surface area contributed by atoms with Crippen molar-refractivity contribution in [1.82, 2.24) is 4.90 Å². The summed E-state index contributed by atoms with van der Waals surface area (Å²) in [5.41, 5.74) is 1.33. The maximum Gasteiger partial charge on any atom is 0.295 e. The molecule has 1 heterocycles. The zero-order valence-corrected chi connectivity index (χ0v) is 22.9. The summed E-state index contributed by atoms with van der Waals surface area (Å²) in [7, 11) is 2.82. The third-order valence-electron chi connectivity index (χ3n) is 6.34. The summed E-state index contributed by atoms with van der Waals surface area (Å²) >= 11 is 6.23. The van der Waals surface area contributed by atoms with Crippen LogP contribution in [0.4, 0.5) is 0 Å². The van der Waals surface area contributed by atoms with E-state index in [1.54, 1.807) is 12.1 Å². The number of hydrogen-bond donors (Lipinski definition) is 2. The van der Waals surface area contributed by atoms with Gasteiger partial charge in [0.25, 0.3) is 11.7 Å². The van der Waals surface area contributed by atoms with Crippen LogP contribution < -0.4 is 14.2 Å². The van der Waals surface area contributed by atoms with Gasteiger partial charge < -0.3 is 29.3 Å². The van der Waals surface area contributed by atoms with E-state index in [0.717, 1.165) is 5.56 Å².